The molecule has 6 nitrogen and oxygen atoms in total. The van der Waals surface area contributed by atoms with Crippen LogP contribution in [-0.4, -0.2) is 42.4 Å². The highest BCUT2D eigenvalue weighted by Gasteiger charge is 2.23. The molecule has 0 aliphatic rings. The number of ether oxygens (including phenoxy) is 1. The van der Waals surface area contributed by atoms with E-state index >= 15 is 0 Å². The van der Waals surface area contributed by atoms with Crippen molar-refractivity contribution in [1.82, 2.24) is 5.32 Å². The molecule has 8 heteroatoms. The number of nitrogens with one attached hydrogen (secondary N) is 2. The van der Waals surface area contributed by atoms with Crippen molar-refractivity contribution in [3.63, 3.8) is 0 Å². The van der Waals surface area contributed by atoms with Gasteiger partial charge in [0.25, 0.3) is 11.8 Å². The lowest BCUT2D eigenvalue weighted by Gasteiger charge is -2.17. The van der Waals surface area contributed by atoms with Crippen molar-refractivity contribution in [1.29, 1.82) is 0 Å². The second kappa shape index (κ2) is 11.4. The Morgan fingerprint density at radius 3 is 2.39 bits per heavy atom. The minimum atomic E-state index is -0.830. The van der Waals surface area contributed by atoms with Gasteiger partial charge < -0.3 is 15.4 Å². The number of anilines is 1. The number of esters is 1. The molecule has 0 saturated carbocycles. The molecule has 0 spiro atoms. The molecule has 2 rings (SSSR count). The van der Waals surface area contributed by atoms with Gasteiger partial charge in [0.2, 0.25) is 0 Å². The Morgan fingerprint density at radius 1 is 1.07 bits per heavy atom. The van der Waals surface area contributed by atoms with Gasteiger partial charge in [-0.25, -0.2) is 4.79 Å². The standard InChI is InChI=1S/C20H21ClN2O4S/c1-28-12-11-17(23-19(25)14-5-3-2-4-6-14)20(26)27-13-18(24)22-16-9-7-15(21)8-10-16/h2-10,17H,11-13H2,1H3,(H,22,24)(H,23,25)/t17-/m1/s1. The molecule has 0 aliphatic carbocycles. The van der Waals surface area contributed by atoms with Gasteiger partial charge in [-0.1, -0.05) is 29.8 Å². The van der Waals surface area contributed by atoms with Crippen molar-refractivity contribution in [3.8, 4) is 0 Å². The lowest BCUT2D eigenvalue weighted by atomic mass is 10.1. The third-order valence-corrected chi connectivity index (χ3v) is 4.61. The van der Waals surface area contributed by atoms with Crippen LogP contribution >= 0.6 is 23.4 Å². The number of hydrogen-bond donors (Lipinski definition) is 2. The van der Waals surface area contributed by atoms with Crippen LogP contribution in [-0.2, 0) is 14.3 Å². The molecule has 0 aliphatic heterocycles. The fourth-order valence-corrected chi connectivity index (χ4v) is 2.88. The summed E-state index contributed by atoms with van der Waals surface area (Å²) < 4.78 is 5.09. The van der Waals surface area contributed by atoms with E-state index in [9.17, 15) is 14.4 Å². The number of amides is 2. The summed E-state index contributed by atoms with van der Waals surface area (Å²) in [5, 5.41) is 5.83. The molecular formula is C20H21ClN2O4S. The molecular weight excluding hydrogens is 400 g/mol. The monoisotopic (exact) mass is 420 g/mol. The van der Waals surface area contributed by atoms with Crippen LogP contribution < -0.4 is 10.6 Å². The van der Waals surface area contributed by atoms with Gasteiger partial charge >= 0.3 is 5.97 Å². The Balaban J connectivity index is 1.89. The molecule has 0 saturated heterocycles. The topological polar surface area (TPSA) is 84.5 Å². The molecule has 2 aromatic carbocycles. The van der Waals surface area contributed by atoms with Crippen molar-refractivity contribution in [2.24, 2.45) is 0 Å². The number of carbonyl (C=O) groups is 3. The van der Waals surface area contributed by atoms with Gasteiger partial charge in [-0.2, -0.15) is 11.8 Å². The van der Waals surface area contributed by atoms with Crippen LogP contribution in [0.3, 0.4) is 0 Å². The van der Waals surface area contributed by atoms with Crippen LogP contribution in [0, 0.1) is 0 Å². The molecule has 0 fully saturated rings. The summed E-state index contributed by atoms with van der Waals surface area (Å²) in [6, 6.07) is 14.3. The van der Waals surface area contributed by atoms with Gasteiger partial charge in [0.15, 0.2) is 6.61 Å². The number of carbonyl (C=O) groups excluding carboxylic acids is 3. The Kier molecular flexibility index (Phi) is 8.84. The number of benzene rings is 2. The van der Waals surface area contributed by atoms with Crippen molar-refractivity contribution < 1.29 is 19.1 Å². The predicted octanol–water partition coefficient (Wildman–Crippen LogP) is 3.37. The Labute approximate surface area is 173 Å². The minimum Gasteiger partial charge on any atom is -0.454 e. The molecule has 2 amide bonds. The normalized spacial score (nSPS) is 11.4. The highest BCUT2D eigenvalue weighted by molar-refractivity contribution is 7.98. The molecule has 28 heavy (non-hydrogen) atoms. The minimum absolute atomic E-state index is 0.366. The molecule has 2 N–H and O–H groups in total. The molecule has 0 bridgehead atoms. The molecule has 0 unspecified atom stereocenters. The van der Waals surface area contributed by atoms with E-state index in [0.717, 1.165) is 0 Å². The zero-order valence-electron chi connectivity index (χ0n) is 15.3. The van der Waals surface area contributed by atoms with Gasteiger partial charge in [-0.15, -0.1) is 0 Å². The smallest absolute Gasteiger partial charge is 0.329 e. The molecule has 2 aromatic rings. The van der Waals surface area contributed by atoms with Crippen LogP contribution in [0.25, 0.3) is 0 Å². The van der Waals surface area contributed by atoms with Crippen molar-refractivity contribution >= 4 is 46.8 Å². The van der Waals surface area contributed by atoms with Crippen LogP contribution in [0.5, 0.6) is 0 Å². The lowest BCUT2D eigenvalue weighted by Crippen LogP contribution is -2.43. The summed E-state index contributed by atoms with van der Waals surface area (Å²) in [6.45, 7) is -0.446. The van der Waals surface area contributed by atoms with Crippen LogP contribution in [0.15, 0.2) is 54.6 Å². The maximum absolute atomic E-state index is 12.4. The second-order valence-corrected chi connectivity index (χ2v) is 7.26. The maximum Gasteiger partial charge on any atom is 0.329 e. The van der Waals surface area contributed by atoms with E-state index in [-0.39, 0.29) is 5.91 Å². The summed E-state index contributed by atoms with van der Waals surface area (Å²) in [5.74, 6) is -0.834. The number of halogens is 1. The fourth-order valence-electron chi connectivity index (χ4n) is 2.28. The SMILES string of the molecule is CSCC[C@@H](NC(=O)c1ccccc1)C(=O)OCC(=O)Nc1ccc(Cl)cc1. The lowest BCUT2D eigenvalue weighted by molar-refractivity contribution is -0.149. The van der Waals surface area contributed by atoms with E-state index in [1.165, 1.54) is 0 Å². The first kappa shape index (κ1) is 21.8. The zero-order chi connectivity index (χ0) is 20.4. The van der Waals surface area contributed by atoms with Gasteiger partial charge in [0.1, 0.15) is 6.04 Å². The van der Waals surface area contributed by atoms with E-state index in [1.807, 2.05) is 6.26 Å². The summed E-state index contributed by atoms with van der Waals surface area (Å²) in [5.41, 5.74) is 0.992. The van der Waals surface area contributed by atoms with Crippen molar-refractivity contribution in [3.05, 3.63) is 65.2 Å². The fraction of sp³-hybridized carbons (Fsp3) is 0.250. The largest absolute Gasteiger partial charge is 0.454 e. The summed E-state index contributed by atoms with van der Waals surface area (Å²) in [4.78, 5) is 36.7. The Hall–Kier alpha value is -2.51. The highest BCUT2D eigenvalue weighted by atomic mass is 35.5. The predicted molar refractivity (Wildman–Crippen MR) is 112 cm³/mol. The molecule has 0 radical (unpaired) electrons. The molecule has 0 aromatic heterocycles. The third-order valence-electron chi connectivity index (χ3n) is 3.71. The highest BCUT2D eigenvalue weighted by Crippen LogP contribution is 2.13. The molecule has 1 atom stereocenters. The maximum atomic E-state index is 12.4. The third kappa shape index (κ3) is 7.25. The first-order valence-electron chi connectivity index (χ1n) is 8.56. The number of rotatable bonds is 9. The van der Waals surface area contributed by atoms with E-state index < -0.39 is 24.5 Å². The van der Waals surface area contributed by atoms with E-state index in [4.69, 9.17) is 16.3 Å². The Bertz CT molecular complexity index is 800. The van der Waals surface area contributed by atoms with E-state index in [1.54, 1.807) is 66.4 Å². The van der Waals surface area contributed by atoms with Gasteiger partial charge in [-0.3, -0.25) is 9.59 Å². The summed E-state index contributed by atoms with van der Waals surface area (Å²) in [7, 11) is 0. The van der Waals surface area contributed by atoms with Gasteiger partial charge in [0, 0.05) is 16.3 Å². The zero-order valence-corrected chi connectivity index (χ0v) is 16.9. The van der Waals surface area contributed by atoms with Crippen LogP contribution in [0.2, 0.25) is 5.02 Å². The molecule has 0 heterocycles. The first-order valence-corrected chi connectivity index (χ1v) is 10.3. The first-order chi connectivity index (χ1) is 13.5. The molecule has 148 valence electrons. The average molecular weight is 421 g/mol. The van der Waals surface area contributed by atoms with Gasteiger partial charge in [0.05, 0.1) is 0 Å². The summed E-state index contributed by atoms with van der Waals surface area (Å²) in [6.07, 6.45) is 2.30. The average Bonchev–Trinajstić information content (AvgIpc) is 2.71. The second-order valence-electron chi connectivity index (χ2n) is 5.84. The summed E-state index contributed by atoms with van der Waals surface area (Å²) >= 11 is 7.34. The van der Waals surface area contributed by atoms with E-state index in [0.29, 0.717) is 28.4 Å². The van der Waals surface area contributed by atoms with Crippen molar-refractivity contribution in [2.75, 3.05) is 23.9 Å². The number of hydrogen-bond acceptors (Lipinski definition) is 5. The van der Waals surface area contributed by atoms with Gasteiger partial charge in [-0.05, 0) is 54.8 Å². The quantitative estimate of drug-likeness (QED) is 0.607. The number of thioether (sulfide) groups is 1. The van der Waals surface area contributed by atoms with Crippen LogP contribution in [0.4, 0.5) is 5.69 Å². The Morgan fingerprint density at radius 2 is 1.75 bits per heavy atom. The van der Waals surface area contributed by atoms with E-state index in [2.05, 4.69) is 10.6 Å². The van der Waals surface area contributed by atoms with Crippen molar-refractivity contribution in [2.45, 2.75) is 12.5 Å². The van der Waals surface area contributed by atoms with Crippen LogP contribution in [0.1, 0.15) is 16.8 Å².